The van der Waals surface area contributed by atoms with Gasteiger partial charge in [-0.25, -0.2) is 4.79 Å². The van der Waals surface area contributed by atoms with Gasteiger partial charge in [0.15, 0.2) is 6.10 Å². The molecule has 0 radical (unpaired) electrons. The lowest BCUT2D eigenvalue weighted by Crippen LogP contribution is -2.29. The molecule has 0 saturated heterocycles. The average molecular weight is 334 g/mol. The lowest BCUT2D eigenvalue weighted by atomic mass is 9.99. The molecule has 3 nitrogen and oxygen atoms in total. The molecule has 0 heterocycles. The van der Waals surface area contributed by atoms with Crippen LogP contribution < -0.4 is 4.74 Å². The van der Waals surface area contributed by atoms with Gasteiger partial charge in [0.2, 0.25) is 0 Å². The first-order valence-corrected chi connectivity index (χ1v) is 8.50. The number of hydrogen-bond acceptors (Lipinski definition) is 2. The summed E-state index contributed by atoms with van der Waals surface area (Å²) in [6, 6.07) is 21.6. The van der Waals surface area contributed by atoms with Crippen LogP contribution in [0.2, 0.25) is 0 Å². The van der Waals surface area contributed by atoms with Gasteiger partial charge in [-0.3, -0.25) is 0 Å². The van der Waals surface area contributed by atoms with Crippen molar-refractivity contribution in [2.45, 2.75) is 32.3 Å². The maximum Gasteiger partial charge on any atom is 0.345 e. The van der Waals surface area contributed by atoms with Gasteiger partial charge in [0.1, 0.15) is 5.75 Å². The highest BCUT2D eigenvalue weighted by Gasteiger charge is 2.20. The molecule has 3 aromatic rings. The van der Waals surface area contributed by atoms with Gasteiger partial charge in [-0.15, -0.1) is 0 Å². The molecule has 25 heavy (non-hydrogen) atoms. The fourth-order valence-electron chi connectivity index (χ4n) is 2.84. The molecule has 0 bridgehead atoms. The van der Waals surface area contributed by atoms with Crippen molar-refractivity contribution in [3.8, 4) is 5.75 Å². The van der Waals surface area contributed by atoms with Gasteiger partial charge in [-0.05, 0) is 39.9 Å². The third kappa shape index (κ3) is 4.18. The fraction of sp³-hybridized carbons (Fsp3) is 0.227. The van der Waals surface area contributed by atoms with Gasteiger partial charge < -0.3 is 9.84 Å². The second-order valence-corrected chi connectivity index (χ2v) is 6.55. The topological polar surface area (TPSA) is 46.5 Å². The minimum absolute atomic E-state index is 0.334. The van der Waals surface area contributed by atoms with Crippen molar-refractivity contribution in [2.24, 2.45) is 0 Å². The quantitative estimate of drug-likeness (QED) is 0.687. The Bertz CT molecular complexity index is 866. The molecule has 0 fully saturated rings. The fourth-order valence-corrected chi connectivity index (χ4v) is 2.84. The molecule has 1 atom stereocenters. The highest BCUT2D eigenvalue weighted by molar-refractivity contribution is 5.84. The Morgan fingerprint density at radius 2 is 1.64 bits per heavy atom. The van der Waals surface area contributed by atoms with Crippen molar-refractivity contribution in [1.29, 1.82) is 0 Å². The summed E-state index contributed by atoms with van der Waals surface area (Å²) >= 11 is 0. The molecule has 3 rings (SSSR count). The van der Waals surface area contributed by atoms with E-state index < -0.39 is 12.1 Å². The van der Waals surface area contributed by atoms with Crippen molar-refractivity contribution in [1.82, 2.24) is 0 Å². The Morgan fingerprint density at radius 3 is 2.28 bits per heavy atom. The number of carbonyl (C=O) groups is 1. The molecule has 1 unspecified atom stereocenters. The van der Waals surface area contributed by atoms with Gasteiger partial charge >= 0.3 is 5.97 Å². The van der Waals surface area contributed by atoms with E-state index in [9.17, 15) is 9.90 Å². The molecule has 0 saturated carbocycles. The highest BCUT2D eigenvalue weighted by atomic mass is 16.5. The normalized spacial score (nSPS) is 12.3. The van der Waals surface area contributed by atoms with Gasteiger partial charge in [0.25, 0.3) is 0 Å². The van der Waals surface area contributed by atoms with Gasteiger partial charge in [-0.1, -0.05) is 68.4 Å². The summed E-state index contributed by atoms with van der Waals surface area (Å²) in [5.74, 6) is 0.0733. The largest absolute Gasteiger partial charge is 0.478 e. The lowest BCUT2D eigenvalue weighted by Gasteiger charge is -2.16. The Morgan fingerprint density at radius 1 is 0.960 bits per heavy atom. The number of aliphatic carboxylic acids is 1. The summed E-state index contributed by atoms with van der Waals surface area (Å²) in [4.78, 5) is 11.6. The van der Waals surface area contributed by atoms with Crippen molar-refractivity contribution in [2.75, 3.05) is 0 Å². The molecule has 0 aromatic heterocycles. The summed E-state index contributed by atoms with van der Waals surface area (Å²) < 4.78 is 5.77. The molecule has 0 aliphatic heterocycles. The Hall–Kier alpha value is -2.81. The van der Waals surface area contributed by atoms with Crippen LogP contribution in [0.25, 0.3) is 10.8 Å². The van der Waals surface area contributed by atoms with E-state index in [1.807, 2.05) is 54.6 Å². The molecule has 3 aromatic carbocycles. The van der Waals surface area contributed by atoms with Crippen molar-refractivity contribution in [3.05, 3.63) is 77.9 Å². The van der Waals surface area contributed by atoms with Gasteiger partial charge in [0, 0.05) is 6.42 Å². The van der Waals surface area contributed by atoms with Crippen molar-refractivity contribution < 1.29 is 14.6 Å². The summed E-state index contributed by atoms with van der Waals surface area (Å²) in [6.07, 6.45) is -0.577. The predicted molar refractivity (Wildman–Crippen MR) is 100 cm³/mol. The molecule has 0 aliphatic rings. The zero-order valence-corrected chi connectivity index (χ0v) is 14.5. The lowest BCUT2D eigenvalue weighted by molar-refractivity contribution is -0.145. The zero-order chi connectivity index (χ0) is 17.8. The maximum atomic E-state index is 11.6. The van der Waals surface area contributed by atoms with Gasteiger partial charge in [0.05, 0.1) is 0 Å². The second-order valence-electron chi connectivity index (χ2n) is 6.55. The van der Waals surface area contributed by atoms with Gasteiger partial charge in [-0.2, -0.15) is 0 Å². The predicted octanol–water partition coefficient (Wildman–Crippen LogP) is 5.04. The summed E-state index contributed by atoms with van der Waals surface area (Å²) in [7, 11) is 0. The standard InChI is InChI=1S/C22H22O3/c1-15(2)17-9-7-16(8-10-17)13-21(22(23)24)25-20-12-11-18-5-3-4-6-19(18)14-20/h3-12,14-15,21H,13H2,1-2H3,(H,23,24). The number of ether oxygens (including phenoxy) is 1. The number of carboxylic acids is 1. The number of rotatable bonds is 6. The number of carboxylic acid groups (broad SMARTS) is 1. The summed E-state index contributed by atoms with van der Waals surface area (Å²) in [5, 5.41) is 11.7. The van der Waals surface area contributed by atoms with Crippen LogP contribution in [0.15, 0.2) is 66.7 Å². The average Bonchev–Trinajstić information content (AvgIpc) is 2.61. The van der Waals surface area contributed by atoms with E-state index in [0.717, 1.165) is 16.3 Å². The van der Waals surface area contributed by atoms with E-state index in [4.69, 9.17) is 4.74 Å². The first kappa shape index (κ1) is 17.0. The van der Waals surface area contributed by atoms with E-state index in [0.29, 0.717) is 18.1 Å². The van der Waals surface area contributed by atoms with Crippen LogP contribution in [-0.2, 0) is 11.2 Å². The third-order valence-electron chi connectivity index (χ3n) is 4.34. The molecule has 3 heteroatoms. The van der Waals surface area contributed by atoms with E-state index in [2.05, 4.69) is 26.0 Å². The molecular formula is C22H22O3. The smallest absolute Gasteiger partial charge is 0.345 e. The molecule has 0 amide bonds. The Balaban J connectivity index is 1.77. The Labute approximate surface area is 147 Å². The first-order chi connectivity index (χ1) is 12.0. The number of fused-ring (bicyclic) bond motifs is 1. The molecule has 0 aliphatic carbocycles. The van der Waals surface area contributed by atoms with Crippen molar-refractivity contribution >= 4 is 16.7 Å². The second kappa shape index (κ2) is 7.39. The minimum atomic E-state index is -0.957. The first-order valence-electron chi connectivity index (χ1n) is 8.50. The van der Waals surface area contributed by atoms with Crippen LogP contribution in [0.5, 0.6) is 5.75 Å². The summed E-state index contributed by atoms with van der Waals surface area (Å²) in [6.45, 7) is 4.27. The number of benzene rings is 3. The molecule has 0 spiro atoms. The van der Waals surface area contributed by atoms with Crippen LogP contribution in [-0.4, -0.2) is 17.2 Å². The van der Waals surface area contributed by atoms with Crippen LogP contribution in [0, 0.1) is 0 Å². The minimum Gasteiger partial charge on any atom is -0.478 e. The van der Waals surface area contributed by atoms with E-state index in [-0.39, 0.29) is 0 Å². The molecule has 1 N–H and O–H groups in total. The monoisotopic (exact) mass is 334 g/mol. The molecular weight excluding hydrogens is 312 g/mol. The maximum absolute atomic E-state index is 11.6. The van der Waals surface area contributed by atoms with Crippen LogP contribution in [0.3, 0.4) is 0 Å². The van der Waals surface area contributed by atoms with Crippen LogP contribution in [0.1, 0.15) is 30.9 Å². The number of hydrogen-bond donors (Lipinski definition) is 1. The SMILES string of the molecule is CC(C)c1ccc(CC(Oc2ccc3ccccc3c2)C(=O)O)cc1. The van der Waals surface area contributed by atoms with Crippen LogP contribution >= 0.6 is 0 Å². The molecule has 128 valence electrons. The Kier molecular flexibility index (Phi) is 5.03. The van der Waals surface area contributed by atoms with E-state index >= 15 is 0 Å². The van der Waals surface area contributed by atoms with Crippen molar-refractivity contribution in [3.63, 3.8) is 0 Å². The third-order valence-corrected chi connectivity index (χ3v) is 4.34. The van der Waals surface area contributed by atoms with E-state index in [1.54, 1.807) is 0 Å². The summed E-state index contributed by atoms with van der Waals surface area (Å²) in [5.41, 5.74) is 2.20. The highest BCUT2D eigenvalue weighted by Crippen LogP contribution is 2.23. The van der Waals surface area contributed by atoms with E-state index in [1.165, 1.54) is 5.56 Å². The zero-order valence-electron chi connectivity index (χ0n) is 14.5. The van der Waals surface area contributed by atoms with Crippen LogP contribution in [0.4, 0.5) is 0 Å².